The van der Waals surface area contributed by atoms with Gasteiger partial charge < -0.3 is 0 Å². The highest BCUT2D eigenvalue weighted by Crippen LogP contribution is 2.33. The van der Waals surface area contributed by atoms with Crippen molar-refractivity contribution in [3.05, 3.63) is 0 Å². The highest BCUT2D eigenvalue weighted by Gasteiger charge is 2.28. The lowest BCUT2D eigenvalue weighted by molar-refractivity contribution is -0.125. The smallest absolute Gasteiger partial charge is 0.149 e. The summed E-state index contributed by atoms with van der Waals surface area (Å²) in [5, 5.41) is 0. The predicted octanol–water partition coefficient (Wildman–Crippen LogP) is 5.19. The lowest BCUT2D eigenvalue weighted by Crippen LogP contribution is -2.40. The van der Waals surface area contributed by atoms with Crippen LogP contribution in [-0.4, -0.2) is 35.1 Å². The highest BCUT2D eigenvalue weighted by molar-refractivity contribution is 9.09. The molecule has 2 saturated carbocycles. The normalized spacial score (nSPS) is 32.0. The molecule has 3 fully saturated rings. The Balaban J connectivity index is 1.34. The number of piperidine rings is 1. The van der Waals surface area contributed by atoms with Crippen LogP contribution in [0.15, 0.2) is 0 Å². The van der Waals surface area contributed by atoms with Crippen molar-refractivity contribution < 1.29 is 4.79 Å². The molecule has 0 spiro atoms. The summed E-state index contributed by atoms with van der Waals surface area (Å²) >= 11 is 3.69. The molecule has 2 nitrogen and oxygen atoms in total. The molecule has 0 aromatic carbocycles. The Labute approximate surface area is 150 Å². The monoisotopic (exact) mass is 383 g/mol. The van der Waals surface area contributed by atoms with Crippen molar-refractivity contribution in [1.82, 2.24) is 4.90 Å². The van der Waals surface area contributed by atoms with Crippen LogP contribution in [0.3, 0.4) is 0 Å². The van der Waals surface area contributed by atoms with Gasteiger partial charge in [0.15, 0.2) is 0 Å². The molecule has 3 rings (SSSR count). The van der Waals surface area contributed by atoms with Crippen molar-refractivity contribution in [3.63, 3.8) is 0 Å². The number of rotatable bonds is 5. The lowest BCUT2D eigenvalue weighted by Gasteiger charge is -2.35. The Kier molecular flexibility index (Phi) is 7.00. The van der Waals surface area contributed by atoms with Crippen molar-refractivity contribution in [1.29, 1.82) is 0 Å². The standard InChI is InChI=1S/C20H34BrNO/c21-19-8-6-18(7-9-19)20(23)15-22-12-10-17(11-13-22)14-16-4-2-1-3-5-16/h16-19H,1-15H2. The van der Waals surface area contributed by atoms with Gasteiger partial charge in [0.2, 0.25) is 0 Å². The number of nitrogens with zero attached hydrogens (tertiary/aromatic N) is 1. The first-order chi connectivity index (χ1) is 11.2. The maximum Gasteiger partial charge on any atom is 0.149 e. The number of hydrogen-bond donors (Lipinski definition) is 0. The molecule has 1 saturated heterocycles. The van der Waals surface area contributed by atoms with Crippen LogP contribution < -0.4 is 0 Å². The predicted molar refractivity (Wildman–Crippen MR) is 100 cm³/mol. The molecule has 3 aliphatic rings. The topological polar surface area (TPSA) is 20.3 Å². The number of Topliss-reactive ketones (excluding diaryl/α,β-unsaturated/α-hetero) is 1. The summed E-state index contributed by atoms with van der Waals surface area (Å²) in [7, 11) is 0. The van der Waals surface area contributed by atoms with E-state index in [1.165, 1.54) is 64.2 Å². The van der Waals surface area contributed by atoms with E-state index in [1.54, 1.807) is 0 Å². The minimum Gasteiger partial charge on any atom is -0.298 e. The number of alkyl halides is 1. The van der Waals surface area contributed by atoms with Gasteiger partial charge in [-0.05, 0) is 69.9 Å². The van der Waals surface area contributed by atoms with E-state index in [4.69, 9.17) is 0 Å². The van der Waals surface area contributed by atoms with Gasteiger partial charge in [-0.3, -0.25) is 9.69 Å². The van der Waals surface area contributed by atoms with Gasteiger partial charge in [-0.1, -0.05) is 48.0 Å². The molecule has 2 aliphatic carbocycles. The quantitative estimate of drug-likeness (QED) is 0.608. The summed E-state index contributed by atoms with van der Waals surface area (Å²) in [5.41, 5.74) is 0. The summed E-state index contributed by atoms with van der Waals surface area (Å²) in [4.78, 5) is 15.6. The van der Waals surface area contributed by atoms with E-state index in [1.807, 2.05) is 0 Å². The fourth-order valence-corrected chi connectivity index (χ4v) is 5.53. The SMILES string of the molecule is O=C(CN1CCC(CC2CCCCC2)CC1)C1CCC(Br)CC1. The van der Waals surface area contributed by atoms with Crippen LogP contribution in [0, 0.1) is 17.8 Å². The molecule has 0 unspecified atom stereocenters. The molecule has 132 valence electrons. The zero-order chi connectivity index (χ0) is 16.1. The van der Waals surface area contributed by atoms with Gasteiger partial charge in [0.25, 0.3) is 0 Å². The van der Waals surface area contributed by atoms with Gasteiger partial charge in [0.1, 0.15) is 5.78 Å². The highest BCUT2D eigenvalue weighted by atomic mass is 79.9. The van der Waals surface area contributed by atoms with Crippen molar-refractivity contribution in [3.8, 4) is 0 Å². The minimum absolute atomic E-state index is 0.351. The Morgan fingerprint density at radius 1 is 0.826 bits per heavy atom. The summed E-state index contributed by atoms with van der Waals surface area (Å²) < 4.78 is 0. The van der Waals surface area contributed by atoms with E-state index >= 15 is 0 Å². The van der Waals surface area contributed by atoms with Crippen molar-refractivity contribution in [2.75, 3.05) is 19.6 Å². The van der Waals surface area contributed by atoms with E-state index < -0.39 is 0 Å². The molecule has 0 radical (unpaired) electrons. The summed E-state index contributed by atoms with van der Waals surface area (Å²) in [6.45, 7) is 3.06. The Morgan fingerprint density at radius 2 is 1.43 bits per heavy atom. The van der Waals surface area contributed by atoms with Crippen LogP contribution in [0.2, 0.25) is 0 Å². The van der Waals surface area contributed by atoms with E-state index in [0.717, 1.165) is 44.3 Å². The van der Waals surface area contributed by atoms with Crippen molar-refractivity contribution in [2.24, 2.45) is 17.8 Å². The second-order valence-corrected chi connectivity index (χ2v) is 9.67. The molecule has 23 heavy (non-hydrogen) atoms. The van der Waals surface area contributed by atoms with Gasteiger partial charge in [-0.15, -0.1) is 0 Å². The molecule has 0 N–H and O–H groups in total. The van der Waals surface area contributed by atoms with Gasteiger partial charge in [0, 0.05) is 10.7 Å². The van der Waals surface area contributed by atoms with Crippen molar-refractivity contribution in [2.45, 2.75) is 81.9 Å². The number of carbonyl (C=O) groups is 1. The van der Waals surface area contributed by atoms with Gasteiger partial charge in [-0.25, -0.2) is 0 Å². The third-order valence-corrected chi connectivity index (χ3v) is 7.51. The molecule has 1 heterocycles. The molecule has 0 aromatic rings. The third-order valence-electron chi connectivity index (χ3n) is 6.59. The van der Waals surface area contributed by atoms with E-state index in [0.29, 0.717) is 16.5 Å². The molecule has 3 heteroatoms. The minimum atomic E-state index is 0.351. The summed E-state index contributed by atoms with van der Waals surface area (Å²) in [6.07, 6.45) is 16.1. The van der Waals surface area contributed by atoms with E-state index in [2.05, 4.69) is 20.8 Å². The first-order valence-electron chi connectivity index (χ1n) is 10.1. The summed E-state index contributed by atoms with van der Waals surface area (Å²) in [5.74, 6) is 2.83. The number of hydrogen-bond acceptors (Lipinski definition) is 2. The third kappa shape index (κ3) is 5.56. The fraction of sp³-hybridized carbons (Fsp3) is 0.950. The summed E-state index contributed by atoms with van der Waals surface area (Å²) in [6, 6.07) is 0. The first-order valence-corrected chi connectivity index (χ1v) is 11.0. The van der Waals surface area contributed by atoms with Crippen LogP contribution in [0.4, 0.5) is 0 Å². The maximum absolute atomic E-state index is 12.5. The van der Waals surface area contributed by atoms with Crippen molar-refractivity contribution >= 4 is 21.7 Å². The van der Waals surface area contributed by atoms with Crippen LogP contribution in [0.25, 0.3) is 0 Å². The van der Waals surface area contributed by atoms with Crippen LogP contribution >= 0.6 is 15.9 Å². The zero-order valence-corrected chi connectivity index (χ0v) is 16.2. The van der Waals surface area contributed by atoms with Gasteiger partial charge in [-0.2, -0.15) is 0 Å². The largest absolute Gasteiger partial charge is 0.298 e. The molecule has 0 aromatic heterocycles. The number of carbonyl (C=O) groups excluding carboxylic acids is 1. The number of likely N-dealkylation sites (tertiary alicyclic amines) is 1. The second kappa shape index (κ2) is 8.99. The lowest BCUT2D eigenvalue weighted by atomic mass is 9.79. The number of ketones is 1. The Morgan fingerprint density at radius 3 is 2.09 bits per heavy atom. The maximum atomic E-state index is 12.5. The number of halogens is 1. The molecular weight excluding hydrogens is 350 g/mol. The Hall–Kier alpha value is 0.110. The Bertz CT molecular complexity index is 364. The first kappa shape index (κ1) is 17.9. The van der Waals surface area contributed by atoms with Gasteiger partial charge >= 0.3 is 0 Å². The van der Waals surface area contributed by atoms with Gasteiger partial charge in [0.05, 0.1) is 6.54 Å². The molecule has 1 aliphatic heterocycles. The molecule has 0 amide bonds. The average molecular weight is 384 g/mol. The van der Waals surface area contributed by atoms with Crippen LogP contribution in [0.5, 0.6) is 0 Å². The molecular formula is C20H34BrNO. The zero-order valence-electron chi connectivity index (χ0n) is 14.6. The van der Waals surface area contributed by atoms with E-state index in [9.17, 15) is 4.79 Å². The average Bonchev–Trinajstić information content (AvgIpc) is 2.58. The second-order valence-electron chi connectivity index (χ2n) is 8.37. The van der Waals surface area contributed by atoms with Crippen LogP contribution in [0.1, 0.15) is 77.0 Å². The van der Waals surface area contributed by atoms with Crippen LogP contribution in [-0.2, 0) is 4.79 Å². The molecule has 0 bridgehead atoms. The molecule has 0 atom stereocenters. The fourth-order valence-electron chi connectivity index (χ4n) is 5.00. The van der Waals surface area contributed by atoms with E-state index in [-0.39, 0.29) is 0 Å².